The lowest BCUT2D eigenvalue weighted by Gasteiger charge is -2.30. The lowest BCUT2D eigenvalue weighted by Crippen LogP contribution is -2.23. The molecule has 136 valence electrons. The van der Waals surface area contributed by atoms with E-state index in [0.717, 1.165) is 51.7 Å². The van der Waals surface area contributed by atoms with E-state index in [1.165, 1.54) is 31.4 Å². The number of hydrogen-bond acceptors (Lipinski definition) is 4. The van der Waals surface area contributed by atoms with Crippen LogP contribution in [0.15, 0.2) is 9.57 Å². The smallest absolute Gasteiger partial charge is 0.205 e. The first-order chi connectivity index (χ1) is 11.9. The molecule has 0 N–H and O–H groups in total. The van der Waals surface area contributed by atoms with Crippen LogP contribution in [0.2, 0.25) is 0 Å². The quantitative estimate of drug-likeness (QED) is 0.671. The van der Waals surface area contributed by atoms with Crippen molar-refractivity contribution in [1.82, 2.24) is 14.5 Å². The first-order valence-corrected chi connectivity index (χ1v) is 10.5. The Morgan fingerprint density at radius 2 is 1.92 bits per heavy atom. The van der Waals surface area contributed by atoms with Crippen molar-refractivity contribution in [2.24, 2.45) is 17.8 Å². The van der Waals surface area contributed by atoms with Gasteiger partial charge in [-0.15, -0.1) is 0 Å². The van der Waals surface area contributed by atoms with Crippen LogP contribution >= 0.6 is 11.8 Å². The number of aromatic nitrogens is 3. The zero-order valence-electron chi connectivity index (χ0n) is 16.0. The summed E-state index contributed by atoms with van der Waals surface area (Å²) in [4.78, 5) is 9.38. The number of hydrogen-bond donors (Lipinski definition) is 0. The Kier molecular flexibility index (Phi) is 4.47. The molecule has 2 aromatic rings. The molecule has 0 unspecified atom stereocenters. The van der Waals surface area contributed by atoms with E-state index < -0.39 is 0 Å². The zero-order valence-corrected chi connectivity index (χ0v) is 16.8. The number of oxazole rings is 1. The van der Waals surface area contributed by atoms with Crippen molar-refractivity contribution in [2.75, 3.05) is 0 Å². The molecule has 0 radical (unpaired) electrons. The monoisotopic (exact) mass is 359 g/mol. The fraction of sp³-hybridized carbons (Fsp3) is 0.700. The second-order valence-corrected chi connectivity index (χ2v) is 8.99. The van der Waals surface area contributed by atoms with Gasteiger partial charge in [-0.2, -0.15) is 0 Å². The fourth-order valence-electron chi connectivity index (χ4n) is 4.98. The van der Waals surface area contributed by atoms with E-state index in [1.807, 2.05) is 13.8 Å². The first-order valence-electron chi connectivity index (χ1n) is 9.55. The Hall–Kier alpha value is -1.23. The summed E-state index contributed by atoms with van der Waals surface area (Å²) in [5.74, 6) is 5.19. The van der Waals surface area contributed by atoms with Crippen LogP contribution in [0.5, 0.6) is 0 Å². The Balaban J connectivity index is 1.55. The molecule has 2 aromatic heterocycles. The maximum Gasteiger partial charge on any atom is 0.205 e. The largest absolute Gasteiger partial charge is 0.445 e. The Morgan fingerprint density at radius 3 is 2.52 bits per heavy atom. The second-order valence-electron chi connectivity index (χ2n) is 8.05. The lowest BCUT2D eigenvalue weighted by molar-refractivity contribution is 0.232. The second kappa shape index (κ2) is 6.49. The molecule has 0 aromatic carbocycles. The van der Waals surface area contributed by atoms with Crippen LogP contribution in [-0.4, -0.2) is 14.5 Å². The molecule has 25 heavy (non-hydrogen) atoms. The van der Waals surface area contributed by atoms with Gasteiger partial charge in [-0.1, -0.05) is 18.2 Å². The highest BCUT2D eigenvalue weighted by Gasteiger charge is 2.43. The Bertz CT molecular complexity index is 759. The molecule has 4 nitrogen and oxygen atoms in total. The van der Waals surface area contributed by atoms with Crippen LogP contribution in [0.1, 0.15) is 67.4 Å². The molecular weight excluding hydrogens is 330 g/mol. The third kappa shape index (κ3) is 3.05. The SMILES string of the molecule is Cc1nc(CSc2nc(C)c(C)n2[C@H](C)[C@H]2C[C@H]3CC[C@H]2C3)oc1C. The normalized spacial score (nSPS) is 26.5. The average molecular weight is 360 g/mol. The Labute approximate surface area is 154 Å². The summed E-state index contributed by atoms with van der Waals surface area (Å²) in [5.41, 5.74) is 3.46. The minimum atomic E-state index is 0.534. The van der Waals surface area contributed by atoms with E-state index >= 15 is 0 Å². The lowest BCUT2D eigenvalue weighted by atomic mass is 9.84. The number of rotatable bonds is 5. The van der Waals surface area contributed by atoms with Gasteiger partial charge in [-0.25, -0.2) is 9.97 Å². The molecule has 2 heterocycles. The molecular formula is C20H29N3OS. The van der Waals surface area contributed by atoms with Crippen LogP contribution in [0.25, 0.3) is 0 Å². The maximum atomic E-state index is 5.74. The highest BCUT2D eigenvalue weighted by Crippen LogP contribution is 2.52. The maximum absolute atomic E-state index is 5.74. The van der Waals surface area contributed by atoms with Crippen LogP contribution in [0, 0.1) is 45.4 Å². The first kappa shape index (κ1) is 17.2. The third-order valence-corrected chi connectivity index (χ3v) is 7.51. The summed E-state index contributed by atoms with van der Waals surface area (Å²) >= 11 is 1.76. The molecule has 4 atom stereocenters. The van der Waals surface area contributed by atoms with E-state index in [-0.39, 0.29) is 0 Å². The van der Waals surface area contributed by atoms with Gasteiger partial charge in [-0.05, 0) is 71.6 Å². The van der Waals surface area contributed by atoms with E-state index in [0.29, 0.717) is 6.04 Å². The molecule has 2 bridgehead atoms. The zero-order chi connectivity index (χ0) is 17.7. The third-order valence-electron chi connectivity index (χ3n) is 6.57. The van der Waals surface area contributed by atoms with Gasteiger partial charge in [-0.3, -0.25) is 0 Å². The number of imidazole rings is 1. The van der Waals surface area contributed by atoms with Gasteiger partial charge in [0.05, 0.1) is 17.1 Å². The van der Waals surface area contributed by atoms with Crippen molar-refractivity contribution in [2.45, 2.75) is 77.3 Å². The molecule has 0 aliphatic heterocycles. The van der Waals surface area contributed by atoms with Gasteiger partial charge in [0.1, 0.15) is 5.76 Å². The average Bonchev–Trinajstić information content (AvgIpc) is 3.32. The molecule has 4 rings (SSSR count). The summed E-state index contributed by atoms with van der Waals surface area (Å²) < 4.78 is 8.24. The number of nitrogens with zero attached hydrogens (tertiary/aromatic N) is 3. The summed E-state index contributed by atoms with van der Waals surface area (Å²) in [7, 11) is 0. The Morgan fingerprint density at radius 1 is 1.12 bits per heavy atom. The molecule has 2 fully saturated rings. The minimum absolute atomic E-state index is 0.534. The van der Waals surface area contributed by atoms with Crippen molar-refractivity contribution in [1.29, 1.82) is 0 Å². The van der Waals surface area contributed by atoms with Gasteiger partial charge in [0.25, 0.3) is 0 Å². The van der Waals surface area contributed by atoms with Gasteiger partial charge >= 0.3 is 0 Å². The molecule has 0 saturated heterocycles. The van der Waals surface area contributed by atoms with Crippen LogP contribution in [0.3, 0.4) is 0 Å². The standard InChI is InChI=1S/C20H29N3OS/c1-11-13(3)23(14(4)18-9-16-6-7-17(18)8-16)20(22-11)25-10-19-21-12(2)15(5)24-19/h14,16-18H,6-10H2,1-5H3/t14-,16+,17+,18-/m1/s1. The predicted molar refractivity (Wildman–Crippen MR) is 101 cm³/mol. The van der Waals surface area contributed by atoms with E-state index in [4.69, 9.17) is 9.40 Å². The van der Waals surface area contributed by atoms with Gasteiger partial charge in [0, 0.05) is 11.7 Å². The minimum Gasteiger partial charge on any atom is -0.445 e. The highest BCUT2D eigenvalue weighted by atomic mass is 32.2. The van der Waals surface area contributed by atoms with Crippen molar-refractivity contribution in [3.63, 3.8) is 0 Å². The van der Waals surface area contributed by atoms with Crippen molar-refractivity contribution >= 4 is 11.8 Å². The van der Waals surface area contributed by atoms with Crippen LogP contribution < -0.4 is 0 Å². The molecule has 0 spiro atoms. The predicted octanol–water partition coefficient (Wildman–Crippen LogP) is 5.39. The molecule has 2 aliphatic carbocycles. The summed E-state index contributed by atoms with van der Waals surface area (Å²) in [5, 5.41) is 1.12. The van der Waals surface area contributed by atoms with Gasteiger partial charge in [0.15, 0.2) is 5.16 Å². The van der Waals surface area contributed by atoms with Crippen molar-refractivity contribution in [3.8, 4) is 0 Å². The molecule has 2 saturated carbocycles. The van der Waals surface area contributed by atoms with Crippen molar-refractivity contribution in [3.05, 3.63) is 28.7 Å². The topological polar surface area (TPSA) is 43.9 Å². The van der Waals surface area contributed by atoms with Gasteiger partial charge < -0.3 is 8.98 Å². The molecule has 5 heteroatoms. The van der Waals surface area contributed by atoms with Gasteiger partial charge in [0.2, 0.25) is 5.89 Å². The number of aryl methyl sites for hydroxylation is 3. The molecule has 0 amide bonds. The molecule has 2 aliphatic rings. The number of fused-ring (bicyclic) bond motifs is 2. The number of thioether (sulfide) groups is 1. The summed E-state index contributed by atoms with van der Waals surface area (Å²) in [6, 6.07) is 0.534. The highest BCUT2D eigenvalue weighted by molar-refractivity contribution is 7.98. The van der Waals surface area contributed by atoms with E-state index in [2.05, 4.69) is 30.3 Å². The van der Waals surface area contributed by atoms with Crippen molar-refractivity contribution < 1.29 is 4.42 Å². The van der Waals surface area contributed by atoms with Crippen LogP contribution in [-0.2, 0) is 5.75 Å². The fourth-order valence-corrected chi connectivity index (χ4v) is 6.00. The van der Waals surface area contributed by atoms with Crippen LogP contribution in [0.4, 0.5) is 0 Å². The summed E-state index contributed by atoms with van der Waals surface area (Å²) in [6.45, 7) is 10.7. The van der Waals surface area contributed by atoms with E-state index in [1.54, 1.807) is 11.8 Å². The van der Waals surface area contributed by atoms with E-state index in [9.17, 15) is 0 Å². The summed E-state index contributed by atoms with van der Waals surface area (Å²) in [6.07, 6.45) is 5.76.